The van der Waals surface area contributed by atoms with E-state index in [2.05, 4.69) is 12.2 Å². The Bertz CT molecular complexity index is 819. The third-order valence-corrected chi connectivity index (χ3v) is 4.04. The van der Waals surface area contributed by atoms with Crippen molar-refractivity contribution in [2.45, 2.75) is 19.9 Å². The van der Waals surface area contributed by atoms with Crippen molar-refractivity contribution in [1.82, 2.24) is 0 Å². The Morgan fingerprint density at radius 2 is 1.62 bits per heavy atom. The average Bonchev–Trinajstić information content (AvgIpc) is 2.67. The van der Waals surface area contributed by atoms with E-state index >= 15 is 0 Å². The van der Waals surface area contributed by atoms with E-state index < -0.39 is 0 Å². The summed E-state index contributed by atoms with van der Waals surface area (Å²) >= 11 is 6.13. The molecule has 3 aromatic carbocycles. The topological polar surface area (TPSA) is 30.5 Å². The molecule has 4 heteroatoms. The van der Waals surface area contributed by atoms with Crippen LogP contribution < -0.4 is 14.8 Å². The lowest BCUT2D eigenvalue weighted by atomic mass is 10.2. The highest BCUT2D eigenvalue weighted by atomic mass is 35.5. The molecule has 0 unspecified atom stereocenters. The van der Waals surface area contributed by atoms with Gasteiger partial charge < -0.3 is 14.8 Å². The molecule has 0 aliphatic heterocycles. The zero-order valence-corrected chi connectivity index (χ0v) is 15.5. The van der Waals surface area contributed by atoms with Gasteiger partial charge in [-0.2, -0.15) is 0 Å². The summed E-state index contributed by atoms with van der Waals surface area (Å²) in [6.07, 6.45) is 0.971. The Kier molecular flexibility index (Phi) is 6.39. The molecule has 0 spiro atoms. The van der Waals surface area contributed by atoms with Crippen LogP contribution in [0.25, 0.3) is 0 Å². The van der Waals surface area contributed by atoms with Gasteiger partial charge in [0.25, 0.3) is 0 Å². The molecule has 0 amide bonds. The minimum absolute atomic E-state index is 0.637. The molecule has 0 aromatic heterocycles. The van der Waals surface area contributed by atoms with Crippen molar-refractivity contribution in [2.24, 2.45) is 0 Å². The first-order valence-electron chi connectivity index (χ1n) is 8.72. The molecule has 0 bridgehead atoms. The van der Waals surface area contributed by atoms with E-state index in [0.717, 1.165) is 34.9 Å². The van der Waals surface area contributed by atoms with Crippen LogP contribution in [0, 0.1) is 0 Å². The van der Waals surface area contributed by atoms with Gasteiger partial charge in [0.2, 0.25) is 0 Å². The maximum absolute atomic E-state index is 6.13. The van der Waals surface area contributed by atoms with Crippen molar-refractivity contribution in [1.29, 1.82) is 0 Å². The van der Waals surface area contributed by atoms with Crippen LogP contribution in [0.3, 0.4) is 0 Å². The summed E-state index contributed by atoms with van der Waals surface area (Å²) in [5.41, 5.74) is 2.04. The van der Waals surface area contributed by atoms with Crippen molar-refractivity contribution >= 4 is 17.3 Å². The van der Waals surface area contributed by atoms with Gasteiger partial charge in [0.15, 0.2) is 0 Å². The fraction of sp³-hybridized carbons (Fsp3) is 0.182. The maximum atomic E-state index is 6.13. The van der Waals surface area contributed by atoms with Crippen LogP contribution in [0.5, 0.6) is 17.2 Å². The maximum Gasteiger partial charge on any atom is 0.127 e. The van der Waals surface area contributed by atoms with E-state index in [9.17, 15) is 0 Å². The fourth-order valence-corrected chi connectivity index (χ4v) is 2.70. The Morgan fingerprint density at radius 1 is 0.885 bits per heavy atom. The predicted molar refractivity (Wildman–Crippen MR) is 108 cm³/mol. The molecule has 0 heterocycles. The highest BCUT2D eigenvalue weighted by Crippen LogP contribution is 2.26. The molecule has 0 atom stereocenters. The normalized spacial score (nSPS) is 10.4. The van der Waals surface area contributed by atoms with Crippen LogP contribution in [0.4, 0.5) is 5.69 Å². The van der Waals surface area contributed by atoms with Gasteiger partial charge in [-0.3, -0.25) is 0 Å². The van der Waals surface area contributed by atoms with Gasteiger partial charge in [0.05, 0.1) is 6.61 Å². The predicted octanol–water partition coefficient (Wildman–Crippen LogP) is 6.53. The third-order valence-electron chi connectivity index (χ3n) is 3.80. The molecule has 3 nitrogen and oxygen atoms in total. The second-order valence-electron chi connectivity index (χ2n) is 5.89. The number of hydrogen-bond donors (Lipinski definition) is 1. The highest BCUT2D eigenvalue weighted by molar-refractivity contribution is 6.30. The summed E-state index contributed by atoms with van der Waals surface area (Å²) in [4.78, 5) is 0. The summed E-state index contributed by atoms with van der Waals surface area (Å²) in [5, 5.41) is 4.11. The van der Waals surface area contributed by atoms with Gasteiger partial charge in [-0.15, -0.1) is 0 Å². The van der Waals surface area contributed by atoms with E-state index in [0.29, 0.717) is 18.2 Å². The Labute approximate surface area is 159 Å². The second-order valence-corrected chi connectivity index (χ2v) is 6.33. The molecular formula is C22H22ClNO2. The van der Waals surface area contributed by atoms with E-state index in [-0.39, 0.29) is 0 Å². The van der Waals surface area contributed by atoms with Gasteiger partial charge in [-0.25, -0.2) is 0 Å². The van der Waals surface area contributed by atoms with Crippen molar-refractivity contribution in [3.05, 3.63) is 83.4 Å². The zero-order chi connectivity index (χ0) is 18.2. The Hall–Kier alpha value is -2.65. The lowest BCUT2D eigenvalue weighted by Gasteiger charge is -2.13. The first kappa shape index (κ1) is 18.2. The van der Waals surface area contributed by atoms with E-state index in [1.165, 1.54) is 0 Å². The average molecular weight is 368 g/mol. The molecule has 3 aromatic rings. The van der Waals surface area contributed by atoms with Gasteiger partial charge in [-0.05, 0) is 61.0 Å². The minimum atomic E-state index is 0.637. The van der Waals surface area contributed by atoms with Gasteiger partial charge in [0, 0.05) is 22.8 Å². The number of para-hydroxylation sites is 1. The van der Waals surface area contributed by atoms with Crippen molar-refractivity contribution < 1.29 is 9.47 Å². The molecule has 0 saturated heterocycles. The van der Waals surface area contributed by atoms with Gasteiger partial charge >= 0.3 is 0 Å². The molecule has 26 heavy (non-hydrogen) atoms. The zero-order valence-electron chi connectivity index (χ0n) is 14.7. The summed E-state index contributed by atoms with van der Waals surface area (Å²) in [6.45, 7) is 3.42. The molecule has 0 aliphatic rings. The first-order chi connectivity index (χ1) is 12.7. The number of halogens is 1. The van der Waals surface area contributed by atoms with Crippen LogP contribution >= 0.6 is 11.6 Å². The Morgan fingerprint density at radius 3 is 2.35 bits per heavy atom. The molecule has 0 radical (unpaired) electrons. The van der Waals surface area contributed by atoms with Crippen molar-refractivity contribution in [2.75, 3.05) is 11.9 Å². The smallest absolute Gasteiger partial charge is 0.127 e. The summed E-state index contributed by atoms with van der Waals surface area (Å²) < 4.78 is 11.6. The van der Waals surface area contributed by atoms with Crippen LogP contribution in [0.1, 0.15) is 18.9 Å². The largest absolute Gasteiger partial charge is 0.493 e. The summed E-state index contributed by atoms with van der Waals surface area (Å²) in [5.74, 6) is 2.49. The first-order valence-corrected chi connectivity index (χ1v) is 9.10. The lowest BCUT2D eigenvalue weighted by molar-refractivity contribution is 0.314. The lowest BCUT2D eigenvalue weighted by Crippen LogP contribution is -2.04. The summed E-state index contributed by atoms with van der Waals surface area (Å²) in [7, 11) is 0. The number of hydrogen-bond acceptors (Lipinski definition) is 3. The number of rotatable bonds is 8. The number of nitrogens with one attached hydrogen (secondary N) is 1. The van der Waals surface area contributed by atoms with Crippen LogP contribution in [0.15, 0.2) is 72.8 Å². The molecule has 0 saturated carbocycles. The molecule has 0 fully saturated rings. The second kappa shape index (κ2) is 9.16. The quantitative estimate of drug-likeness (QED) is 0.490. The number of anilines is 1. The van der Waals surface area contributed by atoms with Gasteiger partial charge in [-0.1, -0.05) is 36.7 Å². The summed E-state index contributed by atoms with van der Waals surface area (Å²) in [6, 6.07) is 23.3. The van der Waals surface area contributed by atoms with Crippen LogP contribution in [0.2, 0.25) is 5.02 Å². The van der Waals surface area contributed by atoms with Crippen LogP contribution in [-0.2, 0) is 6.54 Å². The number of ether oxygens (including phenoxy) is 2. The van der Waals surface area contributed by atoms with Crippen molar-refractivity contribution in [3.63, 3.8) is 0 Å². The van der Waals surface area contributed by atoms with E-state index in [4.69, 9.17) is 21.1 Å². The van der Waals surface area contributed by atoms with Crippen molar-refractivity contribution in [3.8, 4) is 17.2 Å². The van der Waals surface area contributed by atoms with E-state index in [1.807, 2.05) is 72.8 Å². The van der Waals surface area contributed by atoms with Crippen LogP contribution in [-0.4, -0.2) is 6.61 Å². The van der Waals surface area contributed by atoms with E-state index in [1.54, 1.807) is 0 Å². The highest BCUT2D eigenvalue weighted by Gasteiger charge is 2.05. The molecule has 3 rings (SSSR count). The molecule has 134 valence electrons. The monoisotopic (exact) mass is 367 g/mol. The Balaban J connectivity index is 1.62. The standard InChI is InChI=1S/C22H22ClNO2/c1-2-14-25-22-13-8-18(23)15-17(22)16-24-19-9-11-21(12-10-19)26-20-6-4-3-5-7-20/h3-13,15,24H,2,14,16H2,1H3. The third kappa shape index (κ3) is 5.17. The molecule has 1 N–H and O–H groups in total. The molecular weight excluding hydrogens is 346 g/mol. The minimum Gasteiger partial charge on any atom is -0.493 e. The number of benzene rings is 3. The fourth-order valence-electron chi connectivity index (χ4n) is 2.50. The SMILES string of the molecule is CCCOc1ccc(Cl)cc1CNc1ccc(Oc2ccccc2)cc1. The molecule has 0 aliphatic carbocycles. The van der Waals surface area contributed by atoms with Gasteiger partial charge in [0.1, 0.15) is 17.2 Å².